The number of halogens is 1. The van der Waals surface area contributed by atoms with E-state index in [1.54, 1.807) is 48.5 Å². The summed E-state index contributed by atoms with van der Waals surface area (Å²) >= 11 is 6.42. The molecule has 106 valence electrons. The van der Waals surface area contributed by atoms with Crippen molar-refractivity contribution in [2.75, 3.05) is 12.4 Å². The monoisotopic (exact) mass is 301 g/mol. The van der Waals surface area contributed by atoms with Crippen molar-refractivity contribution in [2.24, 2.45) is 0 Å². The molecule has 0 saturated heterocycles. The number of ether oxygens (including phenoxy) is 1. The minimum absolute atomic E-state index is 0.341. The Kier molecular flexibility index (Phi) is 3.18. The molecular weight excluding hydrogens is 290 g/mol. The number of Topliss-reactive ketones (excluding diaryl/α,β-unsaturated/α-hetero) is 1. The maximum absolute atomic E-state index is 12.8. The second-order valence-electron chi connectivity index (χ2n) is 4.69. The summed E-state index contributed by atoms with van der Waals surface area (Å²) in [4.78, 5) is 23.5. The number of hydrogen-bond donors (Lipinski definition) is 1. The van der Waals surface area contributed by atoms with Crippen molar-refractivity contribution in [3.05, 3.63) is 59.7 Å². The van der Waals surface area contributed by atoms with E-state index in [0.29, 0.717) is 22.6 Å². The molecule has 3 rings (SSSR count). The number of fused-ring (bicyclic) bond motifs is 1. The van der Waals surface area contributed by atoms with Gasteiger partial charge < -0.3 is 10.1 Å². The van der Waals surface area contributed by atoms with E-state index in [9.17, 15) is 9.59 Å². The maximum atomic E-state index is 12.8. The lowest BCUT2D eigenvalue weighted by Crippen LogP contribution is -2.46. The predicted octanol–water partition coefficient (Wildman–Crippen LogP) is 2.96. The van der Waals surface area contributed by atoms with Gasteiger partial charge in [-0.15, -0.1) is 0 Å². The van der Waals surface area contributed by atoms with E-state index in [0.717, 1.165) is 0 Å². The fraction of sp³-hybridized carbons (Fsp3) is 0.125. The third kappa shape index (κ3) is 1.91. The van der Waals surface area contributed by atoms with E-state index < -0.39 is 16.6 Å². The molecule has 2 aromatic rings. The number of nitrogens with one attached hydrogen (secondary N) is 1. The Morgan fingerprint density at radius 2 is 1.76 bits per heavy atom. The Bertz CT molecular complexity index is 730. The second-order valence-corrected chi connectivity index (χ2v) is 5.26. The smallest absolute Gasteiger partial charge is 0.258 e. The minimum Gasteiger partial charge on any atom is -0.495 e. The van der Waals surface area contributed by atoms with Crippen LogP contribution in [0.1, 0.15) is 15.9 Å². The van der Waals surface area contributed by atoms with Crippen molar-refractivity contribution < 1.29 is 14.3 Å². The van der Waals surface area contributed by atoms with E-state index in [-0.39, 0.29) is 0 Å². The molecule has 0 aromatic heterocycles. The van der Waals surface area contributed by atoms with Crippen LogP contribution in [0, 0.1) is 0 Å². The Morgan fingerprint density at radius 1 is 1.05 bits per heavy atom. The summed E-state index contributed by atoms with van der Waals surface area (Å²) in [6, 6.07) is 13.6. The quantitative estimate of drug-likeness (QED) is 0.685. The molecule has 0 aliphatic carbocycles. The lowest BCUT2D eigenvalue weighted by atomic mass is 9.85. The lowest BCUT2D eigenvalue weighted by molar-refractivity contribution is -0.118. The highest BCUT2D eigenvalue weighted by atomic mass is 35.5. The van der Waals surface area contributed by atoms with Crippen molar-refractivity contribution in [3.8, 4) is 5.75 Å². The maximum Gasteiger partial charge on any atom is 0.258 e. The molecule has 1 atom stereocenters. The molecule has 5 heteroatoms. The molecule has 1 amide bonds. The number of anilines is 1. The number of ketones is 1. The molecule has 1 unspecified atom stereocenters. The second kappa shape index (κ2) is 4.90. The van der Waals surface area contributed by atoms with Gasteiger partial charge >= 0.3 is 0 Å². The molecule has 0 fully saturated rings. The van der Waals surface area contributed by atoms with Gasteiger partial charge in [0.2, 0.25) is 4.87 Å². The predicted molar refractivity (Wildman–Crippen MR) is 79.9 cm³/mol. The van der Waals surface area contributed by atoms with Gasteiger partial charge in [-0.2, -0.15) is 0 Å². The Morgan fingerprint density at radius 3 is 2.43 bits per heavy atom. The number of amides is 1. The van der Waals surface area contributed by atoms with Crippen LogP contribution in [0.25, 0.3) is 0 Å². The first-order valence-corrected chi connectivity index (χ1v) is 6.74. The third-order valence-corrected chi connectivity index (χ3v) is 4.09. The van der Waals surface area contributed by atoms with Crippen molar-refractivity contribution in [1.29, 1.82) is 0 Å². The number of carbonyl (C=O) groups is 2. The fourth-order valence-electron chi connectivity index (χ4n) is 2.44. The molecule has 1 N–H and O–H groups in total. The van der Waals surface area contributed by atoms with Crippen LogP contribution in [-0.2, 0) is 9.67 Å². The van der Waals surface area contributed by atoms with Crippen LogP contribution in [0.15, 0.2) is 48.5 Å². The topological polar surface area (TPSA) is 55.4 Å². The molecule has 0 bridgehead atoms. The molecule has 0 saturated carbocycles. The first-order valence-electron chi connectivity index (χ1n) is 6.36. The summed E-state index contributed by atoms with van der Waals surface area (Å²) in [6.07, 6.45) is 0. The number of alkyl halides is 1. The van der Waals surface area contributed by atoms with Crippen molar-refractivity contribution >= 4 is 29.0 Å². The minimum atomic E-state index is -1.75. The Hall–Kier alpha value is -2.33. The van der Waals surface area contributed by atoms with Crippen molar-refractivity contribution in [3.63, 3.8) is 0 Å². The molecule has 1 aliphatic heterocycles. The van der Waals surface area contributed by atoms with Crippen LogP contribution in [0.5, 0.6) is 5.75 Å². The molecule has 0 radical (unpaired) electrons. The van der Waals surface area contributed by atoms with E-state index >= 15 is 0 Å². The van der Waals surface area contributed by atoms with Gasteiger partial charge in [-0.05, 0) is 17.7 Å². The Labute approximate surface area is 126 Å². The molecule has 21 heavy (non-hydrogen) atoms. The number of hydrogen-bond acceptors (Lipinski definition) is 3. The number of carbonyl (C=O) groups excluding carboxylic acids is 2. The number of rotatable bonds is 2. The van der Waals surface area contributed by atoms with Gasteiger partial charge in [-0.3, -0.25) is 9.59 Å². The number of methoxy groups -OCH3 is 1. The van der Waals surface area contributed by atoms with Gasteiger partial charge in [0.1, 0.15) is 5.75 Å². The van der Waals surface area contributed by atoms with Gasteiger partial charge in [-0.25, -0.2) is 0 Å². The zero-order valence-corrected chi connectivity index (χ0v) is 12.0. The molecule has 4 nitrogen and oxygen atoms in total. The number of benzene rings is 2. The zero-order chi connectivity index (χ0) is 15.0. The van der Waals surface area contributed by atoms with Gasteiger partial charge in [0.25, 0.3) is 5.91 Å². The average Bonchev–Trinajstić information content (AvgIpc) is 2.53. The van der Waals surface area contributed by atoms with E-state index in [1.807, 2.05) is 0 Å². The van der Waals surface area contributed by atoms with Crippen LogP contribution in [-0.4, -0.2) is 18.8 Å². The van der Waals surface area contributed by atoms with Crippen molar-refractivity contribution in [1.82, 2.24) is 0 Å². The fourth-order valence-corrected chi connectivity index (χ4v) is 2.71. The highest BCUT2D eigenvalue weighted by Gasteiger charge is 2.50. The van der Waals surface area contributed by atoms with Gasteiger partial charge in [0.05, 0.1) is 12.8 Å². The summed E-state index contributed by atoms with van der Waals surface area (Å²) in [5.41, 5.74) is 1.15. The molecular formula is C16H12ClNO3. The largest absolute Gasteiger partial charge is 0.495 e. The summed E-state index contributed by atoms with van der Waals surface area (Å²) < 4.78 is 5.17. The Balaban J connectivity index is 2.19. The molecule has 1 heterocycles. The highest BCUT2D eigenvalue weighted by Crippen LogP contribution is 2.42. The van der Waals surface area contributed by atoms with Crippen LogP contribution in [0.2, 0.25) is 0 Å². The summed E-state index contributed by atoms with van der Waals surface area (Å²) in [5.74, 6) is -0.591. The van der Waals surface area contributed by atoms with Gasteiger partial charge in [0.15, 0.2) is 5.78 Å². The van der Waals surface area contributed by atoms with Crippen LogP contribution in [0.3, 0.4) is 0 Å². The summed E-state index contributed by atoms with van der Waals surface area (Å²) in [5, 5.41) is 2.68. The van der Waals surface area contributed by atoms with Gasteiger partial charge in [0, 0.05) is 5.56 Å². The first kappa shape index (κ1) is 13.6. The first-order chi connectivity index (χ1) is 10.1. The van der Waals surface area contributed by atoms with Crippen LogP contribution >= 0.6 is 11.6 Å². The van der Waals surface area contributed by atoms with E-state index in [4.69, 9.17) is 16.3 Å². The van der Waals surface area contributed by atoms with E-state index in [2.05, 4.69) is 5.32 Å². The van der Waals surface area contributed by atoms with Crippen LogP contribution in [0.4, 0.5) is 5.69 Å². The molecule has 0 spiro atoms. The normalized spacial score (nSPS) is 20.7. The van der Waals surface area contributed by atoms with Gasteiger partial charge in [-0.1, -0.05) is 48.0 Å². The lowest BCUT2D eigenvalue weighted by Gasteiger charge is -2.31. The highest BCUT2D eigenvalue weighted by molar-refractivity contribution is 6.51. The summed E-state index contributed by atoms with van der Waals surface area (Å²) in [6.45, 7) is 0. The third-order valence-electron chi connectivity index (χ3n) is 3.53. The average molecular weight is 302 g/mol. The molecule has 1 aliphatic rings. The van der Waals surface area contributed by atoms with Crippen LogP contribution < -0.4 is 10.1 Å². The SMILES string of the molecule is COc1cccc2c1NC(=O)C(Cl)(c1ccccc1)C2=O. The van der Waals surface area contributed by atoms with Crippen molar-refractivity contribution in [2.45, 2.75) is 4.87 Å². The number of para-hydroxylation sites is 1. The zero-order valence-electron chi connectivity index (χ0n) is 11.2. The molecule has 2 aromatic carbocycles. The van der Waals surface area contributed by atoms with E-state index in [1.165, 1.54) is 7.11 Å². The standard InChI is InChI=1S/C16H12ClNO3/c1-21-12-9-5-8-11-13(12)18-15(20)16(17,14(11)19)10-6-3-2-4-7-10/h2-9H,1H3,(H,18,20). The summed E-state index contributed by atoms with van der Waals surface area (Å²) in [7, 11) is 1.48.